The molecule has 3 aromatic carbocycles. The Morgan fingerprint density at radius 1 is 0.714 bits per heavy atom. The van der Waals surface area contributed by atoms with Gasteiger partial charge in [0.25, 0.3) is 5.91 Å². The molecule has 0 radical (unpaired) electrons. The van der Waals surface area contributed by atoms with Gasteiger partial charge in [0.2, 0.25) is 5.91 Å². The molecule has 0 spiro atoms. The highest BCUT2D eigenvalue weighted by atomic mass is 16.5. The fourth-order valence-corrected chi connectivity index (χ4v) is 3.27. The first-order valence-electron chi connectivity index (χ1n) is 11.5. The lowest BCUT2D eigenvalue weighted by atomic mass is 10.1. The van der Waals surface area contributed by atoms with E-state index in [1.165, 1.54) is 0 Å². The molecule has 35 heavy (non-hydrogen) atoms. The van der Waals surface area contributed by atoms with E-state index in [9.17, 15) is 14.4 Å². The van der Waals surface area contributed by atoms with Crippen molar-refractivity contribution in [2.45, 2.75) is 40.0 Å². The molecular formula is C28H30N2O5. The third-order valence-corrected chi connectivity index (χ3v) is 5.30. The Bertz CT molecular complexity index is 1190. The van der Waals surface area contributed by atoms with Gasteiger partial charge in [0.05, 0.1) is 0 Å². The molecule has 182 valence electrons. The quantitative estimate of drug-likeness (QED) is 0.368. The normalized spacial score (nSPS) is 10.4. The molecule has 0 saturated heterocycles. The summed E-state index contributed by atoms with van der Waals surface area (Å²) in [5, 5.41) is 5.49. The average Bonchev–Trinajstić information content (AvgIpc) is 2.81. The molecule has 7 nitrogen and oxygen atoms in total. The van der Waals surface area contributed by atoms with Crippen LogP contribution in [-0.2, 0) is 19.1 Å². The minimum Gasteiger partial charge on any atom is -0.457 e. The smallest absolute Gasteiger partial charge is 0.306 e. The lowest BCUT2D eigenvalue weighted by molar-refractivity contribution is -0.147. The topological polar surface area (TPSA) is 93.7 Å². The molecular weight excluding hydrogens is 444 g/mol. The maximum Gasteiger partial charge on any atom is 0.306 e. The van der Waals surface area contributed by atoms with Gasteiger partial charge in [-0.2, -0.15) is 0 Å². The van der Waals surface area contributed by atoms with Gasteiger partial charge in [-0.25, -0.2) is 0 Å². The van der Waals surface area contributed by atoms with Gasteiger partial charge in [0.15, 0.2) is 6.61 Å². The number of benzene rings is 3. The zero-order chi connectivity index (χ0) is 25.2. The highest BCUT2D eigenvalue weighted by Gasteiger charge is 2.10. The number of esters is 1. The molecule has 2 amide bonds. The number of rotatable bonds is 10. The first-order chi connectivity index (χ1) is 16.8. The van der Waals surface area contributed by atoms with Crippen molar-refractivity contribution < 1.29 is 23.9 Å². The fourth-order valence-electron chi connectivity index (χ4n) is 3.27. The lowest BCUT2D eigenvalue weighted by Crippen LogP contribution is -2.21. The summed E-state index contributed by atoms with van der Waals surface area (Å²) in [4.78, 5) is 36.0. The van der Waals surface area contributed by atoms with E-state index in [4.69, 9.17) is 9.47 Å². The second kappa shape index (κ2) is 12.4. The molecule has 0 aliphatic rings. The Balaban J connectivity index is 1.33. The zero-order valence-electron chi connectivity index (χ0n) is 20.2. The van der Waals surface area contributed by atoms with Crippen molar-refractivity contribution >= 4 is 29.2 Å². The van der Waals surface area contributed by atoms with Crippen LogP contribution in [0, 0.1) is 20.8 Å². The number of ether oxygens (including phenoxy) is 2. The van der Waals surface area contributed by atoms with E-state index in [0.717, 1.165) is 22.4 Å². The fraction of sp³-hybridized carbons (Fsp3) is 0.250. The van der Waals surface area contributed by atoms with Gasteiger partial charge >= 0.3 is 5.97 Å². The van der Waals surface area contributed by atoms with Crippen LogP contribution in [0.4, 0.5) is 11.4 Å². The number of nitrogens with one attached hydrogen (secondary N) is 2. The Labute approximate surface area is 205 Å². The second-order valence-electron chi connectivity index (χ2n) is 8.35. The van der Waals surface area contributed by atoms with Crippen LogP contribution in [0.15, 0.2) is 66.7 Å². The highest BCUT2D eigenvalue weighted by molar-refractivity contribution is 5.93. The highest BCUT2D eigenvalue weighted by Crippen LogP contribution is 2.23. The van der Waals surface area contributed by atoms with Crippen molar-refractivity contribution in [3.05, 3.63) is 83.4 Å². The maximum atomic E-state index is 12.2. The summed E-state index contributed by atoms with van der Waals surface area (Å²) >= 11 is 0. The summed E-state index contributed by atoms with van der Waals surface area (Å²) in [5.74, 6) is 0.270. The van der Waals surface area contributed by atoms with Crippen LogP contribution in [0.2, 0.25) is 0 Å². The molecule has 2 N–H and O–H groups in total. The summed E-state index contributed by atoms with van der Waals surface area (Å²) in [6.07, 6.45) is 0.525. The molecule has 0 aromatic heterocycles. The summed E-state index contributed by atoms with van der Waals surface area (Å²) in [5.41, 5.74) is 4.58. The zero-order valence-corrected chi connectivity index (χ0v) is 20.2. The van der Waals surface area contributed by atoms with Gasteiger partial charge < -0.3 is 20.1 Å². The molecule has 0 heterocycles. The SMILES string of the molecule is Cc1cccc(Oc2ccc(NC(=O)CCCC(=O)OCC(=O)Nc3ccc(C)c(C)c3)cc2)c1. The van der Waals surface area contributed by atoms with E-state index in [1.54, 1.807) is 30.3 Å². The molecule has 3 aromatic rings. The van der Waals surface area contributed by atoms with Crippen LogP contribution >= 0.6 is 0 Å². The number of amides is 2. The Hall–Kier alpha value is -4.13. The van der Waals surface area contributed by atoms with Crippen molar-refractivity contribution in [1.82, 2.24) is 0 Å². The van der Waals surface area contributed by atoms with E-state index < -0.39 is 11.9 Å². The number of aryl methyl sites for hydroxylation is 3. The number of hydrogen-bond donors (Lipinski definition) is 2. The van der Waals surface area contributed by atoms with Crippen molar-refractivity contribution in [3.63, 3.8) is 0 Å². The van der Waals surface area contributed by atoms with Crippen LogP contribution in [-0.4, -0.2) is 24.4 Å². The molecule has 0 unspecified atom stereocenters. The third-order valence-electron chi connectivity index (χ3n) is 5.30. The van der Waals surface area contributed by atoms with Crippen molar-refractivity contribution in [2.24, 2.45) is 0 Å². The molecule has 3 rings (SSSR count). The van der Waals surface area contributed by atoms with Crippen molar-refractivity contribution in [1.29, 1.82) is 0 Å². The Morgan fingerprint density at radius 3 is 2.14 bits per heavy atom. The van der Waals surface area contributed by atoms with E-state index >= 15 is 0 Å². The Morgan fingerprint density at radius 2 is 1.43 bits per heavy atom. The van der Waals surface area contributed by atoms with Crippen molar-refractivity contribution in [3.8, 4) is 11.5 Å². The number of carbonyl (C=O) groups excluding carboxylic acids is 3. The van der Waals surface area contributed by atoms with Gasteiger partial charge in [-0.15, -0.1) is 0 Å². The molecule has 0 bridgehead atoms. The van der Waals surface area contributed by atoms with Gasteiger partial charge in [0.1, 0.15) is 11.5 Å². The molecule has 0 atom stereocenters. The first kappa shape index (κ1) is 25.5. The molecule has 0 fully saturated rings. The summed E-state index contributed by atoms with van der Waals surface area (Å²) < 4.78 is 10.8. The van der Waals surface area contributed by atoms with Crippen LogP contribution in [0.25, 0.3) is 0 Å². The lowest BCUT2D eigenvalue weighted by Gasteiger charge is -2.09. The van der Waals surface area contributed by atoms with Gasteiger partial charge in [-0.1, -0.05) is 18.2 Å². The summed E-state index contributed by atoms with van der Waals surface area (Å²) in [6.45, 7) is 5.57. The van der Waals surface area contributed by atoms with Crippen molar-refractivity contribution in [2.75, 3.05) is 17.2 Å². The third kappa shape index (κ3) is 8.62. The standard InChI is InChI=1S/C28H30N2O5/c1-19-6-4-7-25(16-19)35-24-14-12-22(13-15-24)29-26(31)8-5-9-28(33)34-18-27(32)30-23-11-10-20(2)21(3)17-23/h4,6-7,10-17H,5,8-9,18H2,1-3H3,(H,29,31)(H,30,32). The molecule has 7 heteroatoms. The van der Waals surface area contributed by atoms with E-state index in [-0.39, 0.29) is 25.4 Å². The van der Waals surface area contributed by atoms with Crippen LogP contribution < -0.4 is 15.4 Å². The molecule has 0 aliphatic heterocycles. The maximum absolute atomic E-state index is 12.2. The predicted octanol–water partition coefficient (Wildman–Crippen LogP) is 5.69. The van der Waals surface area contributed by atoms with Crippen LogP contribution in [0.5, 0.6) is 11.5 Å². The van der Waals surface area contributed by atoms with E-state index in [1.807, 2.05) is 57.2 Å². The van der Waals surface area contributed by atoms with Crippen LogP contribution in [0.1, 0.15) is 36.0 Å². The predicted molar refractivity (Wildman–Crippen MR) is 136 cm³/mol. The molecule has 0 saturated carbocycles. The first-order valence-corrected chi connectivity index (χ1v) is 11.5. The van der Waals surface area contributed by atoms with Gasteiger partial charge in [0, 0.05) is 24.2 Å². The Kier molecular flexibility index (Phi) is 9.01. The number of hydrogen-bond acceptors (Lipinski definition) is 5. The number of anilines is 2. The number of carbonyl (C=O) groups is 3. The van der Waals surface area contributed by atoms with Crippen LogP contribution in [0.3, 0.4) is 0 Å². The van der Waals surface area contributed by atoms with E-state index in [0.29, 0.717) is 23.5 Å². The summed E-state index contributed by atoms with van der Waals surface area (Å²) in [6, 6.07) is 20.4. The second-order valence-corrected chi connectivity index (χ2v) is 8.35. The minimum absolute atomic E-state index is 0.0492. The minimum atomic E-state index is -0.523. The largest absolute Gasteiger partial charge is 0.457 e. The van der Waals surface area contributed by atoms with Gasteiger partial charge in [-0.05, 0) is 92.4 Å². The van der Waals surface area contributed by atoms with Gasteiger partial charge in [-0.3, -0.25) is 14.4 Å². The molecule has 0 aliphatic carbocycles. The summed E-state index contributed by atoms with van der Waals surface area (Å²) in [7, 11) is 0. The monoisotopic (exact) mass is 474 g/mol. The average molecular weight is 475 g/mol. The van der Waals surface area contributed by atoms with E-state index in [2.05, 4.69) is 10.6 Å².